The molecule has 1 aliphatic heterocycles. The molecule has 0 radical (unpaired) electrons. The van der Waals surface area contributed by atoms with E-state index in [4.69, 9.17) is 0 Å². The number of halogens is 1. The summed E-state index contributed by atoms with van der Waals surface area (Å²) in [5.41, 5.74) is 5.82. The van der Waals surface area contributed by atoms with Gasteiger partial charge in [0.2, 0.25) is 0 Å². The number of rotatable bonds is 5. The lowest BCUT2D eigenvalue weighted by molar-refractivity contribution is 0.0741. The zero-order valence-corrected chi connectivity index (χ0v) is 17.1. The number of nitrogens with one attached hydrogen (secondary N) is 1. The van der Waals surface area contributed by atoms with Crippen molar-refractivity contribution in [2.75, 3.05) is 6.54 Å². The van der Waals surface area contributed by atoms with Crippen molar-refractivity contribution >= 4 is 21.8 Å². The summed E-state index contributed by atoms with van der Waals surface area (Å²) in [4.78, 5) is 15.1. The second-order valence-electron chi connectivity index (χ2n) is 7.03. The first-order valence-electron chi connectivity index (χ1n) is 9.32. The molecule has 1 amide bonds. The molecule has 138 valence electrons. The van der Waals surface area contributed by atoms with Crippen LogP contribution in [-0.4, -0.2) is 27.5 Å². The van der Waals surface area contributed by atoms with E-state index in [1.165, 1.54) is 5.56 Å². The Morgan fingerprint density at radius 1 is 1.11 bits per heavy atom. The van der Waals surface area contributed by atoms with Crippen LogP contribution in [0.25, 0.3) is 11.3 Å². The van der Waals surface area contributed by atoms with Gasteiger partial charge in [-0.1, -0.05) is 71.2 Å². The van der Waals surface area contributed by atoms with Crippen molar-refractivity contribution in [3.8, 4) is 11.3 Å². The molecule has 0 saturated heterocycles. The van der Waals surface area contributed by atoms with E-state index in [1.54, 1.807) is 0 Å². The van der Waals surface area contributed by atoms with Crippen LogP contribution in [0.4, 0.5) is 0 Å². The minimum atomic E-state index is -0.109. The number of aromatic amines is 1. The molecular weight excluding hydrogens is 402 g/mol. The van der Waals surface area contributed by atoms with E-state index in [9.17, 15) is 4.79 Å². The molecule has 1 N–H and O–H groups in total. The number of nitrogens with zero attached hydrogens (tertiary/aromatic N) is 2. The summed E-state index contributed by atoms with van der Waals surface area (Å²) < 4.78 is 1.03. The van der Waals surface area contributed by atoms with E-state index >= 15 is 0 Å². The predicted molar refractivity (Wildman–Crippen MR) is 111 cm³/mol. The van der Waals surface area contributed by atoms with Crippen molar-refractivity contribution in [2.24, 2.45) is 0 Å². The quantitative estimate of drug-likeness (QED) is 0.589. The fraction of sp³-hybridized carbons (Fsp3) is 0.273. The van der Waals surface area contributed by atoms with Gasteiger partial charge in [0.25, 0.3) is 5.91 Å². The molecule has 1 atom stereocenters. The van der Waals surface area contributed by atoms with Gasteiger partial charge in [-0.25, -0.2) is 0 Å². The van der Waals surface area contributed by atoms with Crippen molar-refractivity contribution in [1.82, 2.24) is 15.1 Å². The zero-order valence-electron chi connectivity index (χ0n) is 15.5. The Morgan fingerprint density at radius 2 is 1.81 bits per heavy atom. The predicted octanol–water partition coefficient (Wildman–Crippen LogP) is 5.49. The maximum Gasteiger partial charge on any atom is 0.273 e. The molecular formula is C22H22BrN3O. The molecule has 1 aliphatic rings. The molecule has 5 heteroatoms. The second-order valence-corrected chi connectivity index (χ2v) is 7.95. The number of carbonyl (C=O) groups excluding carboxylic acids is 1. The van der Waals surface area contributed by atoms with Gasteiger partial charge in [-0.3, -0.25) is 9.89 Å². The highest BCUT2D eigenvalue weighted by Crippen LogP contribution is 2.43. The maximum atomic E-state index is 13.1. The Labute approximate surface area is 167 Å². The van der Waals surface area contributed by atoms with E-state index in [1.807, 2.05) is 17.0 Å². The SMILES string of the molecule is CCCCN1C(=O)c2[nH]nc(-c3ccc(C)cc3)c2C1c1ccc(Br)cc1. The molecule has 0 bridgehead atoms. The fourth-order valence-electron chi connectivity index (χ4n) is 3.68. The van der Waals surface area contributed by atoms with Crippen molar-refractivity contribution in [3.63, 3.8) is 0 Å². The first kappa shape index (κ1) is 18.0. The Bertz CT molecular complexity index is 960. The minimum Gasteiger partial charge on any atom is -0.326 e. The summed E-state index contributed by atoms with van der Waals surface area (Å²) in [5, 5.41) is 7.53. The lowest BCUT2D eigenvalue weighted by Crippen LogP contribution is -2.30. The molecule has 4 rings (SSSR count). The maximum absolute atomic E-state index is 13.1. The molecule has 2 aromatic carbocycles. The highest BCUT2D eigenvalue weighted by Gasteiger charge is 2.41. The molecule has 27 heavy (non-hydrogen) atoms. The largest absolute Gasteiger partial charge is 0.326 e. The van der Waals surface area contributed by atoms with Crippen molar-refractivity contribution in [1.29, 1.82) is 0 Å². The molecule has 0 aliphatic carbocycles. The van der Waals surface area contributed by atoms with Gasteiger partial charge in [-0.15, -0.1) is 0 Å². The van der Waals surface area contributed by atoms with Crippen molar-refractivity contribution < 1.29 is 4.79 Å². The summed E-state index contributed by atoms with van der Waals surface area (Å²) in [5.74, 6) is 0.0391. The van der Waals surface area contributed by atoms with Crippen LogP contribution in [0.1, 0.15) is 53.0 Å². The number of benzene rings is 2. The Balaban J connectivity index is 1.84. The van der Waals surface area contributed by atoms with Crippen LogP contribution in [0.15, 0.2) is 53.0 Å². The summed E-state index contributed by atoms with van der Waals surface area (Å²) >= 11 is 3.51. The van der Waals surface area contributed by atoms with Gasteiger partial charge >= 0.3 is 0 Å². The van der Waals surface area contributed by atoms with Crippen LogP contribution < -0.4 is 0 Å². The smallest absolute Gasteiger partial charge is 0.273 e. The van der Waals surface area contributed by atoms with Gasteiger partial charge < -0.3 is 4.90 Å². The number of aryl methyl sites for hydroxylation is 1. The fourth-order valence-corrected chi connectivity index (χ4v) is 3.94. The molecule has 2 heterocycles. The van der Waals surface area contributed by atoms with Gasteiger partial charge in [0.05, 0.1) is 11.7 Å². The van der Waals surface area contributed by atoms with Gasteiger partial charge in [0, 0.05) is 22.1 Å². The molecule has 0 saturated carbocycles. The average Bonchev–Trinajstić information content (AvgIpc) is 3.21. The summed E-state index contributed by atoms with van der Waals surface area (Å²) in [6, 6.07) is 16.4. The van der Waals surface area contributed by atoms with E-state index in [0.29, 0.717) is 5.69 Å². The first-order valence-corrected chi connectivity index (χ1v) is 10.1. The molecule has 1 unspecified atom stereocenters. The lowest BCUT2D eigenvalue weighted by Gasteiger charge is -2.26. The summed E-state index contributed by atoms with van der Waals surface area (Å²) in [7, 11) is 0. The molecule has 1 aromatic heterocycles. The van der Waals surface area contributed by atoms with Crippen LogP contribution in [0.2, 0.25) is 0 Å². The van der Waals surface area contributed by atoms with Gasteiger partial charge in [-0.2, -0.15) is 5.10 Å². The van der Waals surface area contributed by atoms with Gasteiger partial charge in [0.1, 0.15) is 5.69 Å². The van der Waals surface area contributed by atoms with E-state index < -0.39 is 0 Å². The topological polar surface area (TPSA) is 49.0 Å². The van der Waals surface area contributed by atoms with E-state index in [-0.39, 0.29) is 11.9 Å². The molecule has 3 aromatic rings. The minimum absolute atomic E-state index is 0.0391. The molecule has 4 nitrogen and oxygen atoms in total. The van der Waals surface area contributed by atoms with Crippen LogP contribution in [0.3, 0.4) is 0 Å². The lowest BCUT2D eigenvalue weighted by atomic mass is 9.96. The van der Waals surface area contributed by atoms with Crippen LogP contribution in [-0.2, 0) is 0 Å². The van der Waals surface area contributed by atoms with Gasteiger partial charge in [0.15, 0.2) is 0 Å². The number of hydrogen-bond donors (Lipinski definition) is 1. The summed E-state index contributed by atoms with van der Waals surface area (Å²) in [6.07, 6.45) is 2.03. The third-order valence-electron chi connectivity index (χ3n) is 5.13. The van der Waals surface area contributed by atoms with Crippen molar-refractivity contribution in [3.05, 3.63) is 75.4 Å². The van der Waals surface area contributed by atoms with Crippen LogP contribution in [0.5, 0.6) is 0 Å². The number of aromatic nitrogens is 2. The highest BCUT2D eigenvalue weighted by atomic mass is 79.9. The van der Waals surface area contributed by atoms with Crippen LogP contribution >= 0.6 is 15.9 Å². The Hall–Kier alpha value is -2.40. The normalized spacial score (nSPS) is 16.0. The van der Waals surface area contributed by atoms with Crippen molar-refractivity contribution in [2.45, 2.75) is 32.7 Å². The number of carbonyl (C=O) groups is 1. The number of unbranched alkanes of at least 4 members (excludes halogenated alkanes) is 1. The number of hydrogen-bond acceptors (Lipinski definition) is 2. The van der Waals surface area contributed by atoms with E-state index in [0.717, 1.165) is 46.2 Å². The standard InChI is InChI=1S/C22H22BrN3O/c1-3-4-13-26-21(16-9-11-17(23)12-10-16)18-19(24-25-20(18)22(26)27)15-7-5-14(2)6-8-15/h5-12,21H,3-4,13H2,1-2H3,(H,24,25). The third kappa shape index (κ3) is 3.21. The van der Waals surface area contributed by atoms with Crippen LogP contribution in [0, 0.1) is 6.92 Å². The molecule has 0 spiro atoms. The highest BCUT2D eigenvalue weighted by molar-refractivity contribution is 9.10. The molecule has 0 fully saturated rings. The third-order valence-corrected chi connectivity index (χ3v) is 5.66. The number of fused-ring (bicyclic) bond motifs is 1. The first-order chi connectivity index (χ1) is 13.1. The second kappa shape index (κ2) is 7.31. The Morgan fingerprint density at radius 3 is 2.48 bits per heavy atom. The van der Waals surface area contributed by atoms with E-state index in [2.05, 4.69) is 76.4 Å². The van der Waals surface area contributed by atoms with Gasteiger partial charge in [-0.05, 0) is 31.0 Å². The monoisotopic (exact) mass is 423 g/mol. The number of H-pyrrole nitrogens is 1. The average molecular weight is 424 g/mol. The Kier molecular flexibility index (Phi) is 4.87. The zero-order chi connectivity index (χ0) is 19.0. The summed E-state index contributed by atoms with van der Waals surface area (Å²) in [6.45, 7) is 4.96. The number of amides is 1.